The van der Waals surface area contributed by atoms with Crippen molar-refractivity contribution in [2.75, 3.05) is 6.54 Å². The van der Waals surface area contributed by atoms with Crippen molar-refractivity contribution in [2.24, 2.45) is 12.8 Å². The summed E-state index contributed by atoms with van der Waals surface area (Å²) < 4.78 is 1.82. The van der Waals surface area contributed by atoms with Gasteiger partial charge in [0.25, 0.3) is 0 Å². The molecule has 82 valence electrons. The van der Waals surface area contributed by atoms with Crippen molar-refractivity contribution in [1.29, 1.82) is 0 Å². The Bertz CT molecular complexity index is 374. The van der Waals surface area contributed by atoms with E-state index in [0.29, 0.717) is 6.54 Å². The molecule has 2 heterocycles. The molecule has 1 fully saturated rings. The number of hydrogen-bond acceptors (Lipinski definition) is 4. The van der Waals surface area contributed by atoms with Gasteiger partial charge >= 0.3 is 0 Å². The first-order valence-corrected chi connectivity index (χ1v) is 5.01. The van der Waals surface area contributed by atoms with Crippen molar-refractivity contribution < 1.29 is 4.79 Å². The third-order valence-corrected chi connectivity index (χ3v) is 2.87. The molecule has 2 N–H and O–H groups in total. The van der Waals surface area contributed by atoms with Crippen LogP contribution < -0.4 is 5.73 Å². The Morgan fingerprint density at radius 2 is 2.40 bits per heavy atom. The van der Waals surface area contributed by atoms with Gasteiger partial charge in [0.05, 0.1) is 12.1 Å². The minimum absolute atomic E-state index is 0.00509. The van der Waals surface area contributed by atoms with Crippen LogP contribution in [0.4, 0.5) is 0 Å². The Balaban J connectivity index is 2.19. The summed E-state index contributed by atoms with van der Waals surface area (Å²) in [6.45, 7) is 2.65. The van der Waals surface area contributed by atoms with Gasteiger partial charge in [-0.1, -0.05) is 0 Å². The predicted molar refractivity (Wildman–Crippen MR) is 53.7 cm³/mol. The van der Waals surface area contributed by atoms with Crippen LogP contribution in [0.3, 0.4) is 0 Å². The zero-order valence-corrected chi connectivity index (χ0v) is 8.92. The molecule has 2 atom stereocenters. The Morgan fingerprint density at radius 3 is 2.87 bits per heavy atom. The first-order chi connectivity index (χ1) is 7.11. The van der Waals surface area contributed by atoms with E-state index in [1.54, 1.807) is 11.2 Å². The molecule has 0 aromatic carbocycles. The summed E-state index contributed by atoms with van der Waals surface area (Å²) >= 11 is 0. The molecule has 0 radical (unpaired) electrons. The standard InChI is InChI=1S/C9H15N5O/c1-6(8-12-11-5-13(8)2)14-4-3-7(10)9(14)15/h5-7H,3-4,10H2,1-2H3. The van der Waals surface area contributed by atoms with E-state index in [-0.39, 0.29) is 18.0 Å². The van der Waals surface area contributed by atoms with Crippen LogP contribution in [-0.4, -0.2) is 38.2 Å². The molecule has 2 rings (SSSR count). The monoisotopic (exact) mass is 209 g/mol. The number of rotatable bonds is 2. The molecule has 15 heavy (non-hydrogen) atoms. The van der Waals surface area contributed by atoms with Crippen LogP contribution in [-0.2, 0) is 11.8 Å². The van der Waals surface area contributed by atoms with Crippen molar-refractivity contribution in [3.63, 3.8) is 0 Å². The lowest BCUT2D eigenvalue weighted by Gasteiger charge is -2.23. The van der Waals surface area contributed by atoms with Crippen LogP contribution in [0.25, 0.3) is 0 Å². The number of aryl methyl sites for hydroxylation is 1. The van der Waals surface area contributed by atoms with E-state index in [9.17, 15) is 4.79 Å². The average molecular weight is 209 g/mol. The Hall–Kier alpha value is -1.43. The summed E-state index contributed by atoms with van der Waals surface area (Å²) in [6, 6.07) is -0.403. The number of carbonyl (C=O) groups is 1. The molecule has 0 bridgehead atoms. The topological polar surface area (TPSA) is 77.0 Å². The summed E-state index contributed by atoms with van der Waals surface area (Å²) in [7, 11) is 1.87. The largest absolute Gasteiger partial charge is 0.331 e. The Kier molecular flexibility index (Phi) is 2.44. The highest BCUT2D eigenvalue weighted by Gasteiger charge is 2.33. The highest BCUT2D eigenvalue weighted by atomic mass is 16.2. The maximum atomic E-state index is 11.7. The van der Waals surface area contributed by atoms with Gasteiger partial charge in [-0.2, -0.15) is 0 Å². The summed E-state index contributed by atoms with van der Waals surface area (Å²) in [5.74, 6) is 0.794. The molecule has 1 aromatic heterocycles. The first kappa shape index (κ1) is 10.1. The van der Waals surface area contributed by atoms with E-state index in [1.807, 2.05) is 18.5 Å². The number of nitrogens with zero attached hydrogens (tertiary/aromatic N) is 4. The van der Waals surface area contributed by atoms with Crippen LogP contribution in [0.2, 0.25) is 0 Å². The zero-order chi connectivity index (χ0) is 11.0. The molecular formula is C9H15N5O. The Labute approximate surface area is 88.1 Å². The number of nitrogens with two attached hydrogens (primary N) is 1. The predicted octanol–water partition coefficient (Wildman–Crippen LogP) is -0.564. The maximum absolute atomic E-state index is 11.7. The first-order valence-electron chi connectivity index (χ1n) is 5.01. The maximum Gasteiger partial charge on any atom is 0.240 e. The molecule has 6 heteroatoms. The molecule has 0 aliphatic carbocycles. The van der Waals surface area contributed by atoms with Gasteiger partial charge in [-0.05, 0) is 13.3 Å². The van der Waals surface area contributed by atoms with Crippen molar-refractivity contribution in [3.05, 3.63) is 12.2 Å². The van der Waals surface area contributed by atoms with E-state index in [1.165, 1.54) is 0 Å². The molecule has 6 nitrogen and oxygen atoms in total. The summed E-state index contributed by atoms with van der Waals surface area (Å²) in [5, 5.41) is 7.80. The minimum Gasteiger partial charge on any atom is -0.331 e. The third kappa shape index (κ3) is 1.61. The van der Waals surface area contributed by atoms with Gasteiger partial charge in [-0.25, -0.2) is 0 Å². The number of aromatic nitrogens is 3. The summed E-state index contributed by atoms with van der Waals surface area (Å²) in [6.07, 6.45) is 2.35. The molecule has 1 aliphatic rings. The smallest absolute Gasteiger partial charge is 0.240 e. The number of amides is 1. The second-order valence-electron chi connectivity index (χ2n) is 3.90. The van der Waals surface area contributed by atoms with E-state index in [2.05, 4.69) is 10.2 Å². The van der Waals surface area contributed by atoms with E-state index in [4.69, 9.17) is 5.73 Å². The van der Waals surface area contributed by atoms with Gasteiger partial charge in [0.15, 0.2) is 5.82 Å². The van der Waals surface area contributed by atoms with Crippen molar-refractivity contribution >= 4 is 5.91 Å². The zero-order valence-electron chi connectivity index (χ0n) is 8.92. The van der Waals surface area contributed by atoms with E-state index >= 15 is 0 Å². The minimum atomic E-state index is -0.347. The number of likely N-dealkylation sites (tertiary alicyclic amines) is 1. The SMILES string of the molecule is CC(c1nncn1C)N1CCC(N)C1=O. The van der Waals surface area contributed by atoms with Crippen LogP contribution in [0.15, 0.2) is 6.33 Å². The third-order valence-electron chi connectivity index (χ3n) is 2.87. The molecule has 1 aliphatic heterocycles. The molecule has 1 aromatic rings. The Morgan fingerprint density at radius 1 is 1.67 bits per heavy atom. The van der Waals surface area contributed by atoms with Crippen molar-refractivity contribution in [1.82, 2.24) is 19.7 Å². The second-order valence-corrected chi connectivity index (χ2v) is 3.90. The number of hydrogen-bond donors (Lipinski definition) is 1. The van der Waals surface area contributed by atoms with Crippen LogP contribution in [0.5, 0.6) is 0 Å². The fraction of sp³-hybridized carbons (Fsp3) is 0.667. The lowest BCUT2D eigenvalue weighted by molar-refractivity contribution is -0.130. The van der Waals surface area contributed by atoms with Gasteiger partial charge in [0, 0.05) is 13.6 Å². The molecular weight excluding hydrogens is 194 g/mol. The fourth-order valence-electron chi connectivity index (χ4n) is 1.92. The molecule has 0 spiro atoms. The van der Waals surface area contributed by atoms with E-state index in [0.717, 1.165) is 12.2 Å². The molecule has 0 saturated carbocycles. The normalized spacial score (nSPS) is 23.5. The molecule has 2 unspecified atom stereocenters. The number of carbonyl (C=O) groups excluding carboxylic acids is 1. The van der Waals surface area contributed by atoms with Crippen LogP contribution in [0, 0.1) is 0 Å². The summed E-state index contributed by atoms with van der Waals surface area (Å²) in [5.41, 5.74) is 5.66. The van der Waals surface area contributed by atoms with Gasteiger partial charge < -0.3 is 15.2 Å². The van der Waals surface area contributed by atoms with Crippen LogP contribution in [0.1, 0.15) is 25.2 Å². The second kappa shape index (κ2) is 3.62. The summed E-state index contributed by atoms with van der Waals surface area (Å²) in [4.78, 5) is 13.5. The fourth-order valence-corrected chi connectivity index (χ4v) is 1.92. The highest BCUT2D eigenvalue weighted by molar-refractivity contribution is 5.84. The van der Waals surface area contributed by atoms with Gasteiger partial charge in [-0.15, -0.1) is 10.2 Å². The van der Waals surface area contributed by atoms with Gasteiger partial charge in [-0.3, -0.25) is 4.79 Å². The van der Waals surface area contributed by atoms with Crippen molar-refractivity contribution in [2.45, 2.75) is 25.4 Å². The quantitative estimate of drug-likeness (QED) is 0.708. The average Bonchev–Trinajstić information content (AvgIpc) is 2.75. The molecule has 1 saturated heterocycles. The highest BCUT2D eigenvalue weighted by Crippen LogP contribution is 2.22. The van der Waals surface area contributed by atoms with Gasteiger partial charge in [0.1, 0.15) is 6.33 Å². The van der Waals surface area contributed by atoms with Crippen LogP contribution >= 0.6 is 0 Å². The van der Waals surface area contributed by atoms with E-state index < -0.39 is 0 Å². The molecule has 1 amide bonds. The van der Waals surface area contributed by atoms with Crippen molar-refractivity contribution in [3.8, 4) is 0 Å². The lowest BCUT2D eigenvalue weighted by atomic mass is 10.2. The van der Waals surface area contributed by atoms with Gasteiger partial charge in [0.2, 0.25) is 5.91 Å². The lowest BCUT2D eigenvalue weighted by Crippen LogP contribution is -2.36.